The number of anilines is 1. The number of ether oxygens (including phenoxy) is 1. The van der Waals surface area contributed by atoms with Crippen LogP contribution in [-0.2, 0) is 0 Å². The Bertz CT molecular complexity index is 1270. The first-order valence-corrected chi connectivity index (χ1v) is 10.8. The number of fused-ring (bicyclic) bond motifs is 1. The lowest BCUT2D eigenvalue weighted by Crippen LogP contribution is -2.29. The molecule has 1 amide bonds. The molecular formula is C24H26N6O2. The average molecular weight is 431 g/mol. The highest BCUT2D eigenvalue weighted by atomic mass is 16.5. The van der Waals surface area contributed by atoms with Crippen molar-refractivity contribution in [3.05, 3.63) is 66.1 Å². The number of aromatic nitrogens is 4. The van der Waals surface area contributed by atoms with Crippen LogP contribution in [0.2, 0.25) is 0 Å². The van der Waals surface area contributed by atoms with Gasteiger partial charge in [-0.05, 0) is 62.7 Å². The fourth-order valence-corrected chi connectivity index (χ4v) is 4.14. The first kappa shape index (κ1) is 20.3. The highest BCUT2D eigenvalue weighted by molar-refractivity contribution is 6.05. The minimum absolute atomic E-state index is 0.292. The number of methoxy groups -OCH3 is 1. The lowest BCUT2D eigenvalue weighted by molar-refractivity contribution is 0.102. The van der Waals surface area contributed by atoms with Crippen molar-refractivity contribution in [1.82, 2.24) is 24.9 Å². The van der Waals surface area contributed by atoms with Crippen LogP contribution in [0.15, 0.2) is 54.9 Å². The maximum atomic E-state index is 12.9. The third kappa shape index (κ3) is 3.97. The van der Waals surface area contributed by atoms with Crippen LogP contribution in [0.3, 0.4) is 0 Å². The molecule has 2 aromatic carbocycles. The van der Waals surface area contributed by atoms with E-state index >= 15 is 0 Å². The fraction of sp³-hybridized carbons (Fsp3) is 0.292. The van der Waals surface area contributed by atoms with Gasteiger partial charge in [0.25, 0.3) is 5.91 Å². The topological polar surface area (TPSA) is 86.0 Å². The van der Waals surface area contributed by atoms with Gasteiger partial charge in [0.05, 0.1) is 30.0 Å². The van der Waals surface area contributed by atoms with Crippen LogP contribution in [0.1, 0.15) is 34.9 Å². The summed E-state index contributed by atoms with van der Waals surface area (Å²) in [7, 11) is 1.59. The summed E-state index contributed by atoms with van der Waals surface area (Å²) in [6, 6.07) is 13.8. The van der Waals surface area contributed by atoms with Crippen LogP contribution >= 0.6 is 0 Å². The standard InChI is InChI=1S/C24H26N6O2/c1-16-4-3-5-19(12-16)29-11-8-20(27-29)24(31)26-22-13-17-15-30(18-6-9-25-10-7-18)28-21(17)14-23(22)32-2/h3-5,8,11-15,18,25H,6-7,9-10H2,1-2H3,(H,26,31). The molecule has 0 unspecified atom stereocenters. The SMILES string of the molecule is COc1cc2nn(C3CCNCC3)cc2cc1NC(=O)c1ccn(-c2cccc(C)c2)n1. The van der Waals surface area contributed by atoms with E-state index in [0.717, 1.165) is 48.1 Å². The molecule has 8 nitrogen and oxygen atoms in total. The molecule has 5 rings (SSSR count). The second-order valence-electron chi connectivity index (χ2n) is 8.14. The summed E-state index contributed by atoms with van der Waals surface area (Å²) in [6.07, 6.45) is 5.94. The molecule has 0 aliphatic carbocycles. The highest BCUT2D eigenvalue weighted by Gasteiger charge is 2.19. The molecular weight excluding hydrogens is 404 g/mol. The van der Waals surface area contributed by atoms with E-state index in [4.69, 9.17) is 9.84 Å². The van der Waals surface area contributed by atoms with E-state index in [9.17, 15) is 4.79 Å². The van der Waals surface area contributed by atoms with Crippen molar-refractivity contribution >= 4 is 22.5 Å². The smallest absolute Gasteiger partial charge is 0.276 e. The summed E-state index contributed by atoms with van der Waals surface area (Å²) >= 11 is 0. The van der Waals surface area contributed by atoms with E-state index in [1.165, 1.54) is 0 Å². The average Bonchev–Trinajstić information content (AvgIpc) is 3.46. The molecule has 0 radical (unpaired) electrons. The van der Waals surface area contributed by atoms with Crippen LogP contribution in [0.4, 0.5) is 5.69 Å². The van der Waals surface area contributed by atoms with Gasteiger partial charge in [-0.25, -0.2) is 4.68 Å². The quantitative estimate of drug-likeness (QED) is 0.504. The van der Waals surface area contributed by atoms with Crippen molar-refractivity contribution in [2.24, 2.45) is 0 Å². The first-order chi connectivity index (χ1) is 15.6. The Kier molecular flexibility index (Phi) is 5.36. The van der Waals surface area contributed by atoms with Crippen LogP contribution in [-0.4, -0.2) is 45.7 Å². The van der Waals surface area contributed by atoms with Crippen LogP contribution in [0.25, 0.3) is 16.6 Å². The monoisotopic (exact) mass is 430 g/mol. The van der Waals surface area contributed by atoms with Gasteiger partial charge in [-0.3, -0.25) is 9.48 Å². The van der Waals surface area contributed by atoms with Crippen molar-refractivity contribution < 1.29 is 9.53 Å². The van der Waals surface area contributed by atoms with Gasteiger partial charge in [0, 0.05) is 23.8 Å². The Morgan fingerprint density at radius 1 is 1.16 bits per heavy atom. The molecule has 2 aromatic heterocycles. The molecule has 1 aliphatic heterocycles. The molecule has 8 heteroatoms. The second kappa shape index (κ2) is 8.47. The van der Waals surface area contributed by atoms with Crippen molar-refractivity contribution in [3.8, 4) is 11.4 Å². The van der Waals surface area contributed by atoms with Gasteiger partial charge in [-0.2, -0.15) is 10.2 Å². The fourth-order valence-electron chi connectivity index (χ4n) is 4.14. The van der Waals surface area contributed by atoms with Crippen LogP contribution in [0, 0.1) is 6.92 Å². The highest BCUT2D eigenvalue weighted by Crippen LogP contribution is 2.31. The van der Waals surface area contributed by atoms with Crippen LogP contribution in [0.5, 0.6) is 5.75 Å². The number of benzene rings is 2. The van der Waals surface area contributed by atoms with Gasteiger partial charge < -0.3 is 15.4 Å². The number of piperidine rings is 1. The lowest BCUT2D eigenvalue weighted by atomic mass is 10.1. The normalized spacial score (nSPS) is 14.6. The molecule has 1 fully saturated rings. The van der Waals surface area contributed by atoms with E-state index in [1.807, 2.05) is 54.2 Å². The number of carbonyl (C=O) groups excluding carboxylic acids is 1. The molecule has 0 atom stereocenters. The van der Waals surface area contributed by atoms with Gasteiger partial charge in [0.15, 0.2) is 5.69 Å². The zero-order chi connectivity index (χ0) is 22.1. The predicted molar refractivity (Wildman–Crippen MR) is 124 cm³/mol. The zero-order valence-corrected chi connectivity index (χ0v) is 18.2. The zero-order valence-electron chi connectivity index (χ0n) is 18.2. The summed E-state index contributed by atoms with van der Waals surface area (Å²) < 4.78 is 9.27. The van der Waals surface area contributed by atoms with Gasteiger partial charge in [0.2, 0.25) is 0 Å². The Morgan fingerprint density at radius 3 is 2.78 bits per heavy atom. The number of amides is 1. The van der Waals surface area contributed by atoms with Gasteiger partial charge in [0.1, 0.15) is 5.75 Å². The minimum Gasteiger partial charge on any atom is -0.494 e. The molecule has 0 saturated carbocycles. The minimum atomic E-state index is -0.292. The number of nitrogens with zero attached hydrogens (tertiary/aromatic N) is 4. The molecule has 2 N–H and O–H groups in total. The summed E-state index contributed by atoms with van der Waals surface area (Å²) in [6.45, 7) is 4.03. The van der Waals surface area contributed by atoms with E-state index in [2.05, 4.69) is 15.7 Å². The van der Waals surface area contributed by atoms with E-state index in [1.54, 1.807) is 24.1 Å². The summed E-state index contributed by atoms with van der Waals surface area (Å²) in [4.78, 5) is 12.9. The number of aryl methyl sites for hydroxylation is 1. The molecule has 32 heavy (non-hydrogen) atoms. The Morgan fingerprint density at radius 2 is 2.00 bits per heavy atom. The number of rotatable bonds is 5. The molecule has 1 aliphatic rings. The lowest BCUT2D eigenvalue weighted by Gasteiger charge is -2.22. The summed E-state index contributed by atoms with van der Waals surface area (Å²) in [5.74, 6) is 0.277. The van der Waals surface area contributed by atoms with E-state index in [0.29, 0.717) is 23.2 Å². The second-order valence-corrected chi connectivity index (χ2v) is 8.14. The predicted octanol–water partition coefficient (Wildman–Crippen LogP) is 3.72. The summed E-state index contributed by atoms with van der Waals surface area (Å²) in [5, 5.41) is 16.5. The number of hydrogen-bond acceptors (Lipinski definition) is 5. The Balaban J connectivity index is 1.39. The van der Waals surface area contributed by atoms with Crippen molar-refractivity contribution in [1.29, 1.82) is 0 Å². The van der Waals surface area contributed by atoms with Crippen molar-refractivity contribution in [2.75, 3.05) is 25.5 Å². The third-order valence-corrected chi connectivity index (χ3v) is 5.86. The Hall–Kier alpha value is -3.65. The largest absolute Gasteiger partial charge is 0.494 e. The molecule has 164 valence electrons. The maximum absolute atomic E-state index is 12.9. The van der Waals surface area contributed by atoms with Crippen molar-refractivity contribution in [3.63, 3.8) is 0 Å². The van der Waals surface area contributed by atoms with Gasteiger partial charge >= 0.3 is 0 Å². The molecule has 1 saturated heterocycles. The molecule has 3 heterocycles. The summed E-state index contributed by atoms with van der Waals surface area (Å²) in [5.41, 5.74) is 3.82. The number of carbonyl (C=O) groups is 1. The Labute approximate surface area is 186 Å². The van der Waals surface area contributed by atoms with Gasteiger partial charge in [-0.15, -0.1) is 0 Å². The van der Waals surface area contributed by atoms with Gasteiger partial charge in [-0.1, -0.05) is 12.1 Å². The molecule has 0 bridgehead atoms. The first-order valence-electron chi connectivity index (χ1n) is 10.8. The number of nitrogens with one attached hydrogen (secondary N) is 2. The maximum Gasteiger partial charge on any atom is 0.276 e. The van der Waals surface area contributed by atoms with E-state index < -0.39 is 0 Å². The molecule has 4 aromatic rings. The molecule has 0 spiro atoms. The van der Waals surface area contributed by atoms with Crippen LogP contribution < -0.4 is 15.4 Å². The van der Waals surface area contributed by atoms with E-state index in [-0.39, 0.29) is 5.91 Å². The van der Waals surface area contributed by atoms with Crippen molar-refractivity contribution in [2.45, 2.75) is 25.8 Å². The third-order valence-electron chi connectivity index (χ3n) is 5.86. The number of hydrogen-bond donors (Lipinski definition) is 2.